The summed E-state index contributed by atoms with van der Waals surface area (Å²) in [5, 5.41) is 0. The quantitative estimate of drug-likeness (QED) is 0.696. The molecule has 2 rings (SSSR count). The second-order valence-corrected chi connectivity index (χ2v) is 4.17. The third-order valence-electron chi connectivity index (χ3n) is 3.31. The molecule has 0 fully saturated rings. The van der Waals surface area contributed by atoms with Gasteiger partial charge in [0.2, 0.25) is 0 Å². The Morgan fingerprint density at radius 2 is 2.23 bits per heavy atom. The highest BCUT2D eigenvalue weighted by atomic mass is 14.6. The van der Waals surface area contributed by atoms with Crippen molar-refractivity contribution in [1.82, 2.24) is 0 Å². The van der Waals surface area contributed by atoms with Crippen LogP contribution in [0.5, 0.6) is 0 Å². The average molecular weight is 175 g/mol. The molecule has 1 aliphatic carbocycles. The molecule has 13 heavy (non-hydrogen) atoms. The Hall–Kier alpha value is -0.820. The third-order valence-corrected chi connectivity index (χ3v) is 3.31. The molecular weight excluding hydrogens is 158 g/mol. The number of benzene rings is 1. The predicted molar refractivity (Wildman–Crippen MR) is 55.8 cm³/mol. The Kier molecular flexibility index (Phi) is 2.12. The summed E-state index contributed by atoms with van der Waals surface area (Å²) >= 11 is 0. The third kappa shape index (κ3) is 1.28. The van der Waals surface area contributed by atoms with Crippen LogP contribution >= 0.6 is 0 Å². The van der Waals surface area contributed by atoms with Crippen molar-refractivity contribution in [1.29, 1.82) is 0 Å². The molecular formula is C12H17N. The van der Waals surface area contributed by atoms with Crippen molar-refractivity contribution in [2.45, 2.75) is 26.2 Å². The fraction of sp³-hybridized carbons (Fsp3) is 0.500. The normalized spacial score (nSPS) is 26.1. The molecule has 2 unspecified atom stereocenters. The van der Waals surface area contributed by atoms with Gasteiger partial charge in [0.1, 0.15) is 0 Å². The highest BCUT2D eigenvalue weighted by Gasteiger charge is 2.28. The Morgan fingerprint density at radius 3 is 2.92 bits per heavy atom. The van der Waals surface area contributed by atoms with Crippen LogP contribution in [0, 0.1) is 12.8 Å². The van der Waals surface area contributed by atoms with E-state index < -0.39 is 0 Å². The molecule has 1 aromatic rings. The molecule has 1 aliphatic rings. The number of hydrogen-bond donors (Lipinski definition) is 1. The number of aryl methyl sites for hydroxylation is 1. The number of hydrogen-bond acceptors (Lipinski definition) is 1. The first-order valence-corrected chi connectivity index (χ1v) is 5.02. The van der Waals surface area contributed by atoms with Gasteiger partial charge in [0.25, 0.3) is 0 Å². The van der Waals surface area contributed by atoms with Crippen LogP contribution < -0.4 is 5.73 Å². The van der Waals surface area contributed by atoms with Crippen LogP contribution in [-0.2, 0) is 6.42 Å². The van der Waals surface area contributed by atoms with Gasteiger partial charge in [-0.2, -0.15) is 0 Å². The van der Waals surface area contributed by atoms with Crippen LogP contribution in [0.2, 0.25) is 0 Å². The molecule has 2 atom stereocenters. The van der Waals surface area contributed by atoms with Crippen LogP contribution in [0.3, 0.4) is 0 Å². The van der Waals surface area contributed by atoms with Gasteiger partial charge >= 0.3 is 0 Å². The maximum absolute atomic E-state index is 5.79. The monoisotopic (exact) mass is 175 g/mol. The second kappa shape index (κ2) is 3.15. The Morgan fingerprint density at radius 1 is 1.46 bits per heavy atom. The zero-order chi connectivity index (χ0) is 9.42. The number of fused-ring (bicyclic) bond motifs is 1. The topological polar surface area (TPSA) is 26.0 Å². The molecule has 2 N–H and O–H groups in total. The van der Waals surface area contributed by atoms with Crippen molar-refractivity contribution in [3.63, 3.8) is 0 Å². The van der Waals surface area contributed by atoms with Gasteiger partial charge < -0.3 is 5.73 Å². The van der Waals surface area contributed by atoms with Crippen LogP contribution in [0.1, 0.15) is 29.5 Å². The Balaban J connectivity index is 2.48. The van der Waals surface area contributed by atoms with Crippen molar-refractivity contribution in [2.75, 3.05) is 6.54 Å². The highest BCUT2D eigenvalue weighted by Crippen LogP contribution is 2.38. The van der Waals surface area contributed by atoms with E-state index in [2.05, 4.69) is 32.0 Å². The summed E-state index contributed by atoms with van der Waals surface area (Å²) in [5.41, 5.74) is 10.3. The van der Waals surface area contributed by atoms with E-state index in [-0.39, 0.29) is 0 Å². The molecule has 0 aromatic heterocycles. The van der Waals surface area contributed by atoms with Crippen molar-refractivity contribution in [2.24, 2.45) is 11.7 Å². The first-order chi connectivity index (χ1) is 6.24. The molecule has 1 nitrogen and oxygen atoms in total. The maximum atomic E-state index is 5.79. The molecule has 0 aliphatic heterocycles. The zero-order valence-corrected chi connectivity index (χ0v) is 8.38. The molecule has 0 amide bonds. The van der Waals surface area contributed by atoms with Gasteiger partial charge in [0.15, 0.2) is 0 Å². The van der Waals surface area contributed by atoms with Gasteiger partial charge in [-0.15, -0.1) is 0 Å². The molecule has 70 valence electrons. The molecule has 0 radical (unpaired) electrons. The van der Waals surface area contributed by atoms with Crippen LogP contribution in [0.15, 0.2) is 18.2 Å². The minimum absolute atomic E-state index is 0.592. The van der Waals surface area contributed by atoms with Crippen molar-refractivity contribution >= 4 is 0 Å². The van der Waals surface area contributed by atoms with Crippen molar-refractivity contribution < 1.29 is 0 Å². The van der Waals surface area contributed by atoms with Gasteiger partial charge in [-0.25, -0.2) is 0 Å². The molecule has 0 saturated heterocycles. The van der Waals surface area contributed by atoms with E-state index in [9.17, 15) is 0 Å². The lowest BCUT2D eigenvalue weighted by molar-refractivity contribution is 0.506. The second-order valence-electron chi connectivity index (χ2n) is 4.17. The summed E-state index contributed by atoms with van der Waals surface area (Å²) in [7, 11) is 0. The lowest BCUT2D eigenvalue weighted by Crippen LogP contribution is -2.15. The van der Waals surface area contributed by atoms with Crippen LogP contribution in [-0.4, -0.2) is 6.54 Å². The van der Waals surface area contributed by atoms with Crippen LogP contribution in [0.4, 0.5) is 0 Å². The predicted octanol–water partition coefficient (Wildman–Crippen LogP) is 2.23. The van der Waals surface area contributed by atoms with E-state index in [4.69, 9.17) is 5.73 Å². The van der Waals surface area contributed by atoms with E-state index in [1.807, 2.05) is 0 Å². The summed E-state index contributed by atoms with van der Waals surface area (Å²) in [4.78, 5) is 0. The maximum Gasteiger partial charge on any atom is -0.000545 e. The summed E-state index contributed by atoms with van der Waals surface area (Å²) in [6.45, 7) is 5.29. The van der Waals surface area contributed by atoms with Gasteiger partial charge in [-0.05, 0) is 48.4 Å². The Bertz CT molecular complexity index is 317. The van der Waals surface area contributed by atoms with E-state index in [1.165, 1.54) is 17.5 Å². The summed E-state index contributed by atoms with van der Waals surface area (Å²) in [6, 6.07) is 6.59. The largest absolute Gasteiger partial charge is 0.330 e. The summed E-state index contributed by atoms with van der Waals surface area (Å²) < 4.78 is 0. The molecule has 1 aromatic carbocycles. The van der Waals surface area contributed by atoms with E-state index in [0.29, 0.717) is 5.92 Å². The van der Waals surface area contributed by atoms with Crippen molar-refractivity contribution in [3.05, 3.63) is 34.9 Å². The lowest BCUT2D eigenvalue weighted by Gasteiger charge is -2.13. The summed E-state index contributed by atoms with van der Waals surface area (Å²) in [5.74, 6) is 1.32. The number of rotatable bonds is 1. The average Bonchev–Trinajstić information content (AvgIpc) is 2.43. The van der Waals surface area contributed by atoms with Crippen molar-refractivity contribution in [3.8, 4) is 0 Å². The van der Waals surface area contributed by atoms with Gasteiger partial charge in [-0.1, -0.05) is 25.1 Å². The van der Waals surface area contributed by atoms with Gasteiger partial charge in [-0.3, -0.25) is 0 Å². The fourth-order valence-corrected chi connectivity index (χ4v) is 2.48. The molecule has 0 saturated carbocycles. The molecule has 0 bridgehead atoms. The fourth-order valence-electron chi connectivity index (χ4n) is 2.48. The van der Waals surface area contributed by atoms with E-state index in [1.54, 1.807) is 5.56 Å². The number of nitrogens with two attached hydrogens (primary N) is 1. The van der Waals surface area contributed by atoms with E-state index >= 15 is 0 Å². The van der Waals surface area contributed by atoms with Gasteiger partial charge in [0.05, 0.1) is 0 Å². The smallest absolute Gasteiger partial charge is 0.000545 e. The minimum atomic E-state index is 0.592. The summed E-state index contributed by atoms with van der Waals surface area (Å²) in [6.07, 6.45) is 1.21. The highest BCUT2D eigenvalue weighted by molar-refractivity contribution is 5.41. The Labute approximate surface area is 80.0 Å². The zero-order valence-electron chi connectivity index (χ0n) is 8.38. The SMILES string of the molecule is Cc1cccc2c1CC(C)C2CN. The first kappa shape index (κ1) is 8.76. The van der Waals surface area contributed by atoms with E-state index in [0.717, 1.165) is 12.5 Å². The standard InChI is InChI=1S/C12H17N/c1-8-4-3-5-10-11(8)6-9(2)12(10)7-13/h3-5,9,12H,6-7,13H2,1-2H3. The molecule has 1 heteroatoms. The first-order valence-electron chi connectivity index (χ1n) is 5.02. The molecule has 0 spiro atoms. The molecule has 0 heterocycles. The minimum Gasteiger partial charge on any atom is -0.330 e. The van der Waals surface area contributed by atoms with Gasteiger partial charge in [0, 0.05) is 0 Å². The van der Waals surface area contributed by atoms with Crippen LogP contribution in [0.25, 0.3) is 0 Å². The lowest BCUT2D eigenvalue weighted by atomic mass is 9.94.